The van der Waals surface area contributed by atoms with Crippen molar-refractivity contribution >= 4 is 85.6 Å². The van der Waals surface area contributed by atoms with Crippen LogP contribution < -0.4 is 0 Å². The molecule has 0 saturated carbocycles. The molecule has 200 valence electrons. The number of phenols is 4. The molecule has 0 atom stereocenters. The highest BCUT2D eigenvalue weighted by Gasteiger charge is 2.29. The van der Waals surface area contributed by atoms with Gasteiger partial charge >= 0.3 is 0 Å². The van der Waals surface area contributed by atoms with Crippen molar-refractivity contribution < 1.29 is 20.4 Å². The fraction of sp³-hybridized carbons (Fsp3) is 0. The molecule has 0 spiro atoms. The summed E-state index contributed by atoms with van der Waals surface area (Å²) in [5.74, 6) is -2.35. The van der Waals surface area contributed by atoms with Crippen molar-refractivity contribution in [3.8, 4) is 28.7 Å². The summed E-state index contributed by atoms with van der Waals surface area (Å²) in [6, 6.07) is 35.2. The van der Waals surface area contributed by atoms with Crippen LogP contribution in [0.25, 0.3) is 80.0 Å². The number of rotatable bonds is 1. The monoisotopic (exact) mass is 563 g/mol. The molecule has 0 amide bonds. The number of hydrogen-bond donors (Lipinski definition) is 4. The van der Waals surface area contributed by atoms with Crippen LogP contribution in [-0.4, -0.2) is 25.0 Å². The minimum absolute atomic E-state index is 0.321. The Labute approximate surface area is 241 Å². The Hall–Kier alpha value is -5.46. The molecule has 0 aliphatic carbocycles. The first-order chi connectivity index (χ1) is 20.6. The number of phenolic OH excluding ortho intramolecular Hbond substituents is 4. The smallest absolute Gasteiger partial charge is 0.205 e. The molecule has 0 aliphatic rings. The Balaban J connectivity index is 1.76. The van der Waals surface area contributed by atoms with E-state index in [0.29, 0.717) is 10.1 Å². The highest BCUT2D eigenvalue weighted by Crippen LogP contribution is 2.58. The fourth-order valence-electron chi connectivity index (χ4n) is 6.87. The van der Waals surface area contributed by atoms with Crippen LogP contribution in [-0.2, 0) is 0 Å². The quantitative estimate of drug-likeness (QED) is 0.0910. The van der Waals surface area contributed by atoms with Crippen molar-refractivity contribution in [3.63, 3.8) is 0 Å². The lowest BCUT2D eigenvalue weighted by Crippen LogP contribution is -1.95. The number of thiophene rings is 1. The molecule has 0 saturated heterocycles. The third-order valence-electron chi connectivity index (χ3n) is 8.56. The predicted octanol–water partition coefficient (Wildman–Crippen LogP) is 9.43. The Morgan fingerprint density at radius 1 is 0.381 bits per heavy atom. The van der Waals surface area contributed by atoms with Crippen molar-refractivity contribution in [1.29, 1.82) is 0 Å². The molecule has 9 aromatic rings. The minimum atomic E-state index is -0.733. The van der Waals surface area contributed by atoms with E-state index in [1.54, 1.807) is 0 Å². The van der Waals surface area contributed by atoms with E-state index in [4.69, 9.17) is 0 Å². The van der Waals surface area contributed by atoms with Gasteiger partial charge in [-0.2, -0.15) is 0 Å². The number of nitrogens with zero attached hydrogens (tertiary/aromatic N) is 1. The molecule has 5 nitrogen and oxygen atoms in total. The minimum Gasteiger partial charge on any atom is -0.504 e. The molecular weight excluding hydrogens is 542 g/mol. The number of para-hydroxylation sites is 1. The molecule has 2 heterocycles. The lowest BCUT2D eigenvalue weighted by atomic mass is 9.94. The van der Waals surface area contributed by atoms with Crippen LogP contribution in [0.5, 0.6) is 23.0 Å². The van der Waals surface area contributed by atoms with Crippen LogP contribution in [0.1, 0.15) is 0 Å². The fourth-order valence-corrected chi connectivity index (χ4v) is 8.17. The van der Waals surface area contributed by atoms with Crippen LogP contribution in [0, 0.1) is 0 Å². The highest BCUT2D eigenvalue weighted by atomic mass is 32.1. The summed E-state index contributed by atoms with van der Waals surface area (Å²) >= 11 is 1.30. The zero-order valence-corrected chi connectivity index (χ0v) is 22.8. The Bertz CT molecular complexity index is 2620. The van der Waals surface area contributed by atoms with E-state index in [1.165, 1.54) is 11.3 Å². The number of hydrogen-bond acceptors (Lipinski definition) is 5. The molecule has 4 N–H and O–H groups in total. The van der Waals surface area contributed by atoms with Crippen LogP contribution in [0.2, 0.25) is 0 Å². The largest absolute Gasteiger partial charge is 0.504 e. The summed E-state index contributed by atoms with van der Waals surface area (Å²) in [7, 11) is 0. The normalized spacial score (nSPS) is 12.2. The molecular formula is C36H21NO4S. The van der Waals surface area contributed by atoms with Crippen molar-refractivity contribution in [2.24, 2.45) is 0 Å². The maximum absolute atomic E-state index is 11.3. The van der Waals surface area contributed by atoms with E-state index in [0.717, 1.165) is 69.9 Å². The zero-order chi connectivity index (χ0) is 28.3. The number of benzene rings is 7. The second-order valence-electron chi connectivity index (χ2n) is 10.7. The molecule has 2 aromatic heterocycles. The van der Waals surface area contributed by atoms with Gasteiger partial charge in [-0.25, -0.2) is 0 Å². The van der Waals surface area contributed by atoms with Gasteiger partial charge < -0.3 is 25.0 Å². The lowest BCUT2D eigenvalue weighted by Gasteiger charge is -2.12. The van der Waals surface area contributed by atoms with Crippen LogP contribution in [0.4, 0.5) is 0 Å². The van der Waals surface area contributed by atoms with E-state index in [2.05, 4.69) is 59.2 Å². The molecule has 6 heteroatoms. The van der Waals surface area contributed by atoms with Gasteiger partial charge in [0.15, 0.2) is 11.5 Å². The summed E-state index contributed by atoms with van der Waals surface area (Å²) in [5, 5.41) is 52.9. The van der Waals surface area contributed by atoms with Gasteiger partial charge in [0.25, 0.3) is 0 Å². The average Bonchev–Trinajstić information content (AvgIpc) is 3.61. The number of aromatic hydroxyl groups is 4. The molecule has 0 aliphatic heterocycles. The third-order valence-corrected chi connectivity index (χ3v) is 9.79. The second kappa shape index (κ2) is 8.06. The summed E-state index contributed by atoms with van der Waals surface area (Å²) in [4.78, 5) is 0. The first-order valence-electron chi connectivity index (χ1n) is 13.6. The van der Waals surface area contributed by atoms with Gasteiger partial charge in [-0.05, 0) is 28.3 Å². The standard InChI is InChI=1S/C36H21NO4S/c38-31-28-27-26-25-21-14-6-4-12-19(21)20-13-5-7-15-22(20)29(25)37(18-10-2-1-3-11-18)30(26)23-16-8-9-17-24(23)35(27)42-36(28)34(41)33(40)32(31)39/h1-17,38-41H. The van der Waals surface area contributed by atoms with Gasteiger partial charge in [-0.3, -0.25) is 0 Å². The highest BCUT2D eigenvalue weighted by molar-refractivity contribution is 7.27. The van der Waals surface area contributed by atoms with Crippen molar-refractivity contribution in [1.82, 2.24) is 4.57 Å². The number of fused-ring (bicyclic) bond motifs is 15. The van der Waals surface area contributed by atoms with Gasteiger partial charge in [0.1, 0.15) is 0 Å². The van der Waals surface area contributed by atoms with Gasteiger partial charge in [0.05, 0.1) is 21.1 Å². The van der Waals surface area contributed by atoms with E-state index < -0.39 is 23.0 Å². The van der Waals surface area contributed by atoms with E-state index in [1.807, 2.05) is 48.5 Å². The average molecular weight is 564 g/mol. The maximum Gasteiger partial charge on any atom is 0.205 e. The second-order valence-corrected chi connectivity index (χ2v) is 11.7. The van der Waals surface area contributed by atoms with Crippen LogP contribution in [0.15, 0.2) is 103 Å². The zero-order valence-electron chi connectivity index (χ0n) is 22.0. The summed E-state index contributed by atoms with van der Waals surface area (Å²) in [6.45, 7) is 0. The van der Waals surface area contributed by atoms with Gasteiger partial charge in [-0.15, -0.1) is 11.3 Å². The molecule has 9 rings (SSSR count). The summed E-state index contributed by atoms with van der Waals surface area (Å²) in [6.07, 6.45) is 0. The Morgan fingerprint density at radius 3 is 1.57 bits per heavy atom. The molecule has 0 radical (unpaired) electrons. The first kappa shape index (κ1) is 23.3. The van der Waals surface area contributed by atoms with Crippen molar-refractivity contribution in [3.05, 3.63) is 103 Å². The van der Waals surface area contributed by atoms with Crippen LogP contribution >= 0.6 is 11.3 Å². The Kier molecular flexibility index (Phi) is 4.46. The number of aromatic nitrogens is 1. The first-order valence-corrected chi connectivity index (χ1v) is 14.4. The van der Waals surface area contributed by atoms with E-state index in [-0.39, 0.29) is 0 Å². The van der Waals surface area contributed by atoms with Crippen molar-refractivity contribution in [2.45, 2.75) is 0 Å². The van der Waals surface area contributed by atoms with E-state index in [9.17, 15) is 20.4 Å². The molecule has 0 unspecified atom stereocenters. The third kappa shape index (κ3) is 2.72. The van der Waals surface area contributed by atoms with Gasteiger partial charge in [-0.1, -0.05) is 91.0 Å². The molecule has 0 bridgehead atoms. The molecule has 42 heavy (non-hydrogen) atoms. The van der Waals surface area contributed by atoms with Crippen molar-refractivity contribution in [2.75, 3.05) is 0 Å². The summed E-state index contributed by atoms with van der Waals surface area (Å²) in [5.41, 5.74) is 3.00. The SMILES string of the molecule is Oc1c(O)c(O)c2c(sc3c4ccccc4c4c(c32)c2c3ccccc3c3ccccc3c2n4-c2ccccc2)c1O. The molecule has 7 aromatic carbocycles. The van der Waals surface area contributed by atoms with E-state index >= 15 is 0 Å². The van der Waals surface area contributed by atoms with Crippen LogP contribution in [0.3, 0.4) is 0 Å². The predicted molar refractivity (Wildman–Crippen MR) is 173 cm³/mol. The maximum atomic E-state index is 11.3. The Morgan fingerprint density at radius 2 is 0.881 bits per heavy atom. The van der Waals surface area contributed by atoms with Gasteiger partial charge in [0, 0.05) is 42.7 Å². The molecule has 0 fully saturated rings. The summed E-state index contributed by atoms with van der Waals surface area (Å²) < 4.78 is 3.48. The lowest BCUT2D eigenvalue weighted by molar-refractivity contribution is 0.351. The topological polar surface area (TPSA) is 85.9 Å². The van der Waals surface area contributed by atoms with Gasteiger partial charge in [0.2, 0.25) is 11.5 Å².